The number of hydrogen-bond acceptors (Lipinski definition) is 5. The molecule has 1 unspecified atom stereocenters. The smallest absolute Gasteiger partial charge is 0.178 e. The van der Waals surface area contributed by atoms with Gasteiger partial charge in [-0.05, 0) is 43.4 Å². The number of aliphatic hydroxyl groups is 3. The van der Waals surface area contributed by atoms with Gasteiger partial charge in [0.2, 0.25) is 0 Å². The average molecular weight is 342 g/mol. The fraction of sp³-hybridized carbons (Fsp3) is 0.647. The van der Waals surface area contributed by atoms with Gasteiger partial charge in [0.25, 0.3) is 0 Å². The molecule has 0 aliphatic heterocycles. The first-order chi connectivity index (χ1) is 10.7. The first kappa shape index (κ1) is 18.4. The fourth-order valence-corrected chi connectivity index (χ4v) is 4.91. The summed E-state index contributed by atoms with van der Waals surface area (Å²) in [4.78, 5) is 0.192. The van der Waals surface area contributed by atoms with Crippen LogP contribution in [-0.2, 0) is 9.84 Å². The van der Waals surface area contributed by atoms with Crippen LogP contribution < -0.4 is 0 Å². The summed E-state index contributed by atoms with van der Waals surface area (Å²) in [5.41, 5.74) is 0.379. The number of sulfone groups is 1. The van der Waals surface area contributed by atoms with Gasteiger partial charge in [-0.25, -0.2) is 8.42 Å². The summed E-state index contributed by atoms with van der Waals surface area (Å²) in [6.07, 6.45) is 3.86. The van der Waals surface area contributed by atoms with E-state index in [1.165, 1.54) is 25.5 Å². The average Bonchev–Trinajstić information content (AvgIpc) is 2.46. The lowest BCUT2D eigenvalue weighted by atomic mass is 9.91. The normalized spacial score (nSPS) is 18.8. The van der Waals surface area contributed by atoms with Gasteiger partial charge in [-0.1, -0.05) is 31.4 Å². The van der Waals surface area contributed by atoms with E-state index in [1.54, 1.807) is 12.1 Å². The molecule has 1 aromatic carbocycles. The Hall–Kier alpha value is -0.950. The van der Waals surface area contributed by atoms with Crippen molar-refractivity contribution in [3.05, 3.63) is 29.8 Å². The molecule has 1 aliphatic rings. The van der Waals surface area contributed by atoms with Crippen molar-refractivity contribution in [1.82, 2.24) is 0 Å². The third kappa shape index (κ3) is 5.57. The second kappa shape index (κ2) is 7.30. The van der Waals surface area contributed by atoms with E-state index in [2.05, 4.69) is 0 Å². The van der Waals surface area contributed by atoms with Crippen LogP contribution in [0.1, 0.15) is 57.1 Å². The first-order valence-electron chi connectivity index (χ1n) is 8.13. The molecule has 130 valence electrons. The predicted octanol–water partition coefficient (Wildman–Crippen LogP) is 2.16. The maximum absolute atomic E-state index is 12.6. The van der Waals surface area contributed by atoms with Crippen molar-refractivity contribution >= 4 is 9.84 Å². The quantitative estimate of drug-likeness (QED) is 0.689. The van der Waals surface area contributed by atoms with Crippen molar-refractivity contribution in [2.45, 2.75) is 62.2 Å². The van der Waals surface area contributed by atoms with Gasteiger partial charge in [-0.3, -0.25) is 0 Å². The summed E-state index contributed by atoms with van der Waals surface area (Å²) < 4.78 is 25.2. The van der Waals surface area contributed by atoms with Gasteiger partial charge in [0.15, 0.2) is 15.6 Å². The molecule has 0 saturated heterocycles. The Bertz CT molecular complexity index is 612. The predicted molar refractivity (Wildman–Crippen MR) is 87.5 cm³/mol. The Morgan fingerprint density at radius 3 is 2.48 bits per heavy atom. The molecule has 0 spiro atoms. The Labute approximate surface area is 137 Å². The van der Waals surface area contributed by atoms with Crippen LogP contribution in [0.5, 0.6) is 0 Å². The van der Waals surface area contributed by atoms with E-state index in [-0.39, 0.29) is 23.0 Å². The summed E-state index contributed by atoms with van der Waals surface area (Å²) in [6, 6.07) is 6.15. The Morgan fingerprint density at radius 1 is 1.22 bits per heavy atom. The lowest BCUT2D eigenvalue weighted by Gasteiger charge is -2.22. The van der Waals surface area contributed by atoms with Crippen LogP contribution in [0.15, 0.2) is 29.2 Å². The molecule has 1 saturated carbocycles. The van der Waals surface area contributed by atoms with Gasteiger partial charge >= 0.3 is 0 Å². The zero-order chi connectivity index (χ0) is 17.1. The standard InChI is InChI=1S/C17H26O5S/c1-17(19,20)11-16(18)14-8-5-9-15(10-14)23(21,22)12-13-6-3-2-4-7-13/h5,8-10,13,16,18-20H,2-4,6-7,11-12H2,1H3. The van der Waals surface area contributed by atoms with E-state index >= 15 is 0 Å². The minimum absolute atomic E-state index is 0.143. The van der Waals surface area contributed by atoms with Crippen LogP contribution in [-0.4, -0.2) is 35.3 Å². The largest absolute Gasteiger partial charge is 0.388 e. The van der Waals surface area contributed by atoms with Crippen molar-refractivity contribution in [2.24, 2.45) is 5.92 Å². The highest BCUT2D eigenvalue weighted by Gasteiger charge is 2.25. The molecular weight excluding hydrogens is 316 g/mol. The molecule has 1 atom stereocenters. The first-order valence-corrected chi connectivity index (χ1v) is 9.78. The van der Waals surface area contributed by atoms with Crippen molar-refractivity contribution < 1.29 is 23.7 Å². The van der Waals surface area contributed by atoms with Crippen molar-refractivity contribution in [3.63, 3.8) is 0 Å². The van der Waals surface area contributed by atoms with Crippen molar-refractivity contribution in [1.29, 1.82) is 0 Å². The van der Waals surface area contributed by atoms with Crippen molar-refractivity contribution in [3.8, 4) is 0 Å². The molecule has 5 nitrogen and oxygen atoms in total. The van der Waals surface area contributed by atoms with E-state index in [0.29, 0.717) is 5.56 Å². The molecular formula is C17H26O5S. The maximum atomic E-state index is 12.6. The molecule has 0 amide bonds. The van der Waals surface area contributed by atoms with Crippen LogP contribution in [0.25, 0.3) is 0 Å². The van der Waals surface area contributed by atoms with Crippen LogP contribution in [0.2, 0.25) is 0 Å². The van der Waals surface area contributed by atoms with E-state index in [0.717, 1.165) is 25.7 Å². The SMILES string of the molecule is CC(O)(O)CC(O)c1cccc(S(=O)(=O)CC2CCCCC2)c1. The Balaban J connectivity index is 2.14. The minimum atomic E-state index is -3.40. The molecule has 1 fully saturated rings. The van der Waals surface area contributed by atoms with Crippen LogP contribution in [0.3, 0.4) is 0 Å². The third-order valence-corrected chi connectivity index (χ3v) is 6.24. The molecule has 0 aromatic heterocycles. The van der Waals surface area contributed by atoms with Crippen LogP contribution in [0.4, 0.5) is 0 Å². The zero-order valence-corrected chi connectivity index (χ0v) is 14.3. The molecule has 2 rings (SSSR count). The van der Waals surface area contributed by atoms with E-state index in [9.17, 15) is 23.7 Å². The van der Waals surface area contributed by atoms with Gasteiger partial charge in [0.1, 0.15) is 0 Å². The Kier molecular flexibility index (Phi) is 5.84. The lowest BCUT2D eigenvalue weighted by Crippen LogP contribution is -2.26. The summed E-state index contributed by atoms with van der Waals surface area (Å²) in [7, 11) is -3.40. The van der Waals surface area contributed by atoms with Gasteiger partial charge in [0.05, 0.1) is 16.8 Å². The molecule has 3 N–H and O–H groups in total. The lowest BCUT2D eigenvalue weighted by molar-refractivity contribution is -0.166. The maximum Gasteiger partial charge on any atom is 0.178 e. The number of hydrogen-bond donors (Lipinski definition) is 3. The summed E-state index contributed by atoms with van der Waals surface area (Å²) in [6.45, 7) is 1.18. The summed E-state index contributed by atoms with van der Waals surface area (Å²) >= 11 is 0. The molecule has 0 radical (unpaired) electrons. The van der Waals surface area contributed by atoms with Crippen molar-refractivity contribution in [2.75, 3.05) is 5.75 Å². The van der Waals surface area contributed by atoms with Crippen LogP contribution in [0, 0.1) is 5.92 Å². The highest BCUT2D eigenvalue weighted by Crippen LogP contribution is 2.29. The highest BCUT2D eigenvalue weighted by atomic mass is 32.2. The molecule has 1 aliphatic carbocycles. The van der Waals surface area contributed by atoms with Gasteiger partial charge < -0.3 is 15.3 Å². The van der Waals surface area contributed by atoms with Gasteiger partial charge in [0, 0.05) is 6.42 Å². The van der Waals surface area contributed by atoms with E-state index in [1.807, 2.05) is 0 Å². The molecule has 0 bridgehead atoms. The Morgan fingerprint density at radius 2 is 1.87 bits per heavy atom. The van der Waals surface area contributed by atoms with E-state index < -0.39 is 21.7 Å². The van der Waals surface area contributed by atoms with Gasteiger partial charge in [-0.15, -0.1) is 0 Å². The second-order valence-corrected chi connectivity index (χ2v) is 8.83. The van der Waals surface area contributed by atoms with Gasteiger partial charge in [-0.2, -0.15) is 0 Å². The summed E-state index contributed by atoms with van der Waals surface area (Å²) in [5.74, 6) is -1.65. The monoisotopic (exact) mass is 342 g/mol. The molecule has 6 heteroatoms. The fourth-order valence-electron chi connectivity index (χ4n) is 3.16. The molecule has 0 heterocycles. The molecule has 1 aromatic rings. The topological polar surface area (TPSA) is 94.8 Å². The highest BCUT2D eigenvalue weighted by molar-refractivity contribution is 7.91. The zero-order valence-electron chi connectivity index (χ0n) is 13.5. The number of rotatable bonds is 6. The van der Waals surface area contributed by atoms with E-state index in [4.69, 9.17) is 0 Å². The van der Waals surface area contributed by atoms with Crippen LogP contribution >= 0.6 is 0 Å². The second-order valence-electron chi connectivity index (χ2n) is 6.79. The number of aliphatic hydroxyl groups excluding tert-OH is 1. The molecule has 23 heavy (non-hydrogen) atoms. The number of benzene rings is 1. The minimum Gasteiger partial charge on any atom is -0.388 e. The summed E-state index contributed by atoms with van der Waals surface area (Å²) in [5, 5.41) is 28.8. The third-order valence-electron chi connectivity index (χ3n) is 4.36.